The Hall–Kier alpha value is -1.26. The van der Waals surface area contributed by atoms with Crippen LogP contribution in [0.1, 0.15) is 27.2 Å². The summed E-state index contributed by atoms with van der Waals surface area (Å²) in [5, 5.41) is 3.36. The minimum absolute atomic E-state index is 0.0463. The molecular formula is C10H18N2O3. The van der Waals surface area contributed by atoms with Crippen LogP contribution in [0.5, 0.6) is 0 Å². The van der Waals surface area contributed by atoms with Gasteiger partial charge < -0.3 is 14.5 Å². The lowest BCUT2D eigenvalue weighted by atomic mass is 10.2. The van der Waals surface area contributed by atoms with Gasteiger partial charge in [-0.3, -0.25) is 0 Å². The molecule has 5 nitrogen and oxygen atoms in total. The van der Waals surface area contributed by atoms with Crippen LogP contribution in [0.25, 0.3) is 0 Å². The van der Waals surface area contributed by atoms with Crippen molar-refractivity contribution in [3.63, 3.8) is 0 Å². The summed E-state index contributed by atoms with van der Waals surface area (Å²) in [5.74, 6) is 0. The Kier molecular flexibility index (Phi) is 3.55. The number of carbonyl (C=O) groups excluding carboxylic acids is 1. The van der Waals surface area contributed by atoms with Gasteiger partial charge in [-0.1, -0.05) is 0 Å². The largest absolute Gasteiger partial charge is 0.444 e. The highest BCUT2D eigenvalue weighted by Gasteiger charge is 2.30. The summed E-state index contributed by atoms with van der Waals surface area (Å²) < 4.78 is 5.23. The van der Waals surface area contributed by atoms with Crippen molar-refractivity contribution >= 4 is 12.8 Å². The first-order chi connectivity index (χ1) is 6.92. The average molecular weight is 214 g/mol. The summed E-state index contributed by atoms with van der Waals surface area (Å²) in [6.45, 7) is 9.96. The molecule has 1 atom stereocenters. The highest BCUT2D eigenvalue weighted by molar-refractivity contribution is 5.68. The molecule has 0 aromatic rings. The van der Waals surface area contributed by atoms with Crippen molar-refractivity contribution in [2.24, 2.45) is 5.16 Å². The molecule has 0 aromatic heterocycles. The van der Waals surface area contributed by atoms with Crippen LogP contribution in [-0.4, -0.2) is 42.5 Å². The van der Waals surface area contributed by atoms with Gasteiger partial charge in [0, 0.05) is 19.7 Å². The molecule has 0 radical (unpaired) electrons. The van der Waals surface area contributed by atoms with Crippen molar-refractivity contribution in [1.29, 1.82) is 0 Å². The Bertz CT molecular complexity index is 248. The van der Waals surface area contributed by atoms with E-state index in [4.69, 9.17) is 9.57 Å². The van der Waals surface area contributed by atoms with Crippen LogP contribution >= 0.6 is 0 Å². The molecule has 86 valence electrons. The van der Waals surface area contributed by atoms with Crippen LogP contribution in [0.15, 0.2) is 5.16 Å². The SMILES string of the molecule is C=NO[C@@H]1CCN(C(=O)OC(C)(C)C)C1. The number of hydrogen-bond acceptors (Lipinski definition) is 4. The molecule has 1 heterocycles. The molecular weight excluding hydrogens is 196 g/mol. The second-order valence-electron chi connectivity index (χ2n) is 4.57. The second kappa shape index (κ2) is 4.51. The molecule has 1 amide bonds. The highest BCUT2D eigenvalue weighted by atomic mass is 16.6. The van der Waals surface area contributed by atoms with E-state index in [1.54, 1.807) is 4.90 Å². The summed E-state index contributed by atoms with van der Waals surface area (Å²) in [6.07, 6.45) is 0.436. The van der Waals surface area contributed by atoms with Gasteiger partial charge in [-0.05, 0) is 20.8 Å². The summed E-state index contributed by atoms with van der Waals surface area (Å²) in [5.41, 5.74) is -0.452. The van der Waals surface area contributed by atoms with Gasteiger partial charge in [0.15, 0.2) is 0 Å². The third-order valence-electron chi connectivity index (χ3n) is 2.02. The van der Waals surface area contributed by atoms with E-state index in [0.29, 0.717) is 13.1 Å². The van der Waals surface area contributed by atoms with Crippen molar-refractivity contribution in [2.45, 2.75) is 38.9 Å². The Labute approximate surface area is 90.0 Å². The van der Waals surface area contributed by atoms with E-state index < -0.39 is 5.60 Å². The molecule has 1 rings (SSSR count). The van der Waals surface area contributed by atoms with Gasteiger partial charge in [0.25, 0.3) is 0 Å². The lowest BCUT2D eigenvalue weighted by Gasteiger charge is -2.24. The lowest BCUT2D eigenvalue weighted by Crippen LogP contribution is -2.35. The molecule has 1 saturated heterocycles. The monoisotopic (exact) mass is 214 g/mol. The van der Waals surface area contributed by atoms with Gasteiger partial charge in [-0.15, -0.1) is 5.16 Å². The number of likely N-dealkylation sites (tertiary alicyclic amines) is 1. The van der Waals surface area contributed by atoms with E-state index in [1.165, 1.54) is 0 Å². The minimum Gasteiger partial charge on any atom is -0.444 e. The van der Waals surface area contributed by atoms with Gasteiger partial charge >= 0.3 is 6.09 Å². The third kappa shape index (κ3) is 3.77. The van der Waals surface area contributed by atoms with Crippen molar-refractivity contribution in [3.05, 3.63) is 0 Å². The van der Waals surface area contributed by atoms with E-state index in [0.717, 1.165) is 6.42 Å². The van der Waals surface area contributed by atoms with E-state index in [1.807, 2.05) is 20.8 Å². The molecule has 0 aliphatic carbocycles. The summed E-state index contributed by atoms with van der Waals surface area (Å²) in [4.78, 5) is 18.2. The van der Waals surface area contributed by atoms with Crippen molar-refractivity contribution in [1.82, 2.24) is 4.90 Å². The van der Waals surface area contributed by atoms with E-state index in [9.17, 15) is 4.79 Å². The maximum Gasteiger partial charge on any atom is 0.410 e. The summed E-state index contributed by atoms with van der Waals surface area (Å²) in [6, 6.07) is 0. The van der Waals surface area contributed by atoms with Crippen LogP contribution in [0.4, 0.5) is 4.79 Å². The van der Waals surface area contributed by atoms with Crippen LogP contribution < -0.4 is 0 Å². The molecule has 0 unspecified atom stereocenters. The predicted molar refractivity (Wildman–Crippen MR) is 56.8 cm³/mol. The molecule has 15 heavy (non-hydrogen) atoms. The van der Waals surface area contributed by atoms with Crippen molar-refractivity contribution < 1.29 is 14.4 Å². The molecule has 0 N–H and O–H groups in total. The average Bonchev–Trinajstić information content (AvgIpc) is 2.50. The Morgan fingerprint density at radius 3 is 2.73 bits per heavy atom. The number of carbonyl (C=O) groups is 1. The Morgan fingerprint density at radius 1 is 1.53 bits per heavy atom. The van der Waals surface area contributed by atoms with Gasteiger partial charge in [0.1, 0.15) is 11.7 Å². The molecule has 5 heteroatoms. The zero-order chi connectivity index (χ0) is 11.5. The van der Waals surface area contributed by atoms with Gasteiger partial charge in [-0.25, -0.2) is 4.79 Å². The quantitative estimate of drug-likeness (QED) is 0.518. The number of rotatable bonds is 2. The Balaban J connectivity index is 2.40. The fourth-order valence-corrected chi connectivity index (χ4v) is 1.41. The van der Waals surface area contributed by atoms with Crippen LogP contribution in [0.2, 0.25) is 0 Å². The van der Waals surface area contributed by atoms with E-state index in [-0.39, 0.29) is 12.2 Å². The zero-order valence-corrected chi connectivity index (χ0v) is 9.52. The van der Waals surface area contributed by atoms with Gasteiger partial charge in [0.05, 0.1) is 6.54 Å². The molecule has 1 fully saturated rings. The fraction of sp³-hybridized carbons (Fsp3) is 0.800. The lowest BCUT2D eigenvalue weighted by molar-refractivity contribution is 0.0220. The molecule has 0 saturated carbocycles. The number of hydrogen-bond donors (Lipinski definition) is 0. The molecule has 0 bridgehead atoms. The topological polar surface area (TPSA) is 51.1 Å². The minimum atomic E-state index is -0.452. The van der Waals surface area contributed by atoms with Crippen LogP contribution in [0.3, 0.4) is 0 Å². The third-order valence-corrected chi connectivity index (χ3v) is 2.02. The predicted octanol–water partition coefficient (Wildman–Crippen LogP) is 1.63. The normalized spacial score (nSPS) is 21.3. The van der Waals surface area contributed by atoms with E-state index in [2.05, 4.69) is 11.9 Å². The summed E-state index contributed by atoms with van der Waals surface area (Å²) >= 11 is 0. The first-order valence-electron chi connectivity index (χ1n) is 5.02. The van der Waals surface area contributed by atoms with Gasteiger partial charge in [-0.2, -0.15) is 0 Å². The van der Waals surface area contributed by atoms with Crippen molar-refractivity contribution in [2.75, 3.05) is 13.1 Å². The number of amides is 1. The second-order valence-corrected chi connectivity index (χ2v) is 4.57. The molecule has 0 spiro atoms. The molecule has 0 aromatic carbocycles. The number of nitrogens with zero attached hydrogens (tertiary/aromatic N) is 2. The maximum atomic E-state index is 11.6. The standard InChI is InChI=1S/C10H18N2O3/c1-10(2,3)14-9(13)12-6-5-8(7-12)15-11-4/h8H,4-7H2,1-3H3/t8-/m1/s1. The maximum absolute atomic E-state index is 11.6. The molecule has 1 aliphatic heterocycles. The highest BCUT2D eigenvalue weighted by Crippen LogP contribution is 2.16. The van der Waals surface area contributed by atoms with Crippen molar-refractivity contribution in [3.8, 4) is 0 Å². The number of oxime groups is 1. The van der Waals surface area contributed by atoms with Crippen LogP contribution in [-0.2, 0) is 9.57 Å². The zero-order valence-electron chi connectivity index (χ0n) is 9.52. The van der Waals surface area contributed by atoms with Gasteiger partial charge in [0.2, 0.25) is 0 Å². The van der Waals surface area contributed by atoms with E-state index >= 15 is 0 Å². The fourth-order valence-electron chi connectivity index (χ4n) is 1.41. The first kappa shape index (κ1) is 11.8. The van der Waals surface area contributed by atoms with Crippen LogP contribution in [0, 0.1) is 0 Å². The first-order valence-corrected chi connectivity index (χ1v) is 5.02. The number of ether oxygens (including phenoxy) is 1. The Morgan fingerprint density at radius 2 is 2.20 bits per heavy atom. The smallest absolute Gasteiger partial charge is 0.410 e. The molecule has 1 aliphatic rings. The summed E-state index contributed by atoms with van der Waals surface area (Å²) in [7, 11) is 0.